The first kappa shape index (κ1) is 21.3. The van der Waals surface area contributed by atoms with E-state index in [1.165, 1.54) is 23.5 Å². The normalized spacial score (nSPS) is 24.9. The van der Waals surface area contributed by atoms with E-state index in [4.69, 9.17) is 28.3 Å². The van der Waals surface area contributed by atoms with Gasteiger partial charge in [0.25, 0.3) is 0 Å². The van der Waals surface area contributed by atoms with Gasteiger partial charge >= 0.3 is 5.97 Å². The standard InChI is InChI=1S/C21H21Cl2FO3S/c22-13-8-12(9-14(24)10-13)4-6-17-16(18(23)11-19(17)25)3-1-2-15-5-7-20(28-15)21(26)27/h4-10,16-19,25H,1-3,11H2,(H,26,27)/b6-4-/t16-,17-,18-,19-/m1/s1. The summed E-state index contributed by atoms with van der Waals surface area (Å²) in [6.45, 7) is 0. The van der Waals surface area contributed by atoms with E-state index >= 15 is 0 Å². The van der Waals surface area contributed by atoms with E-state index in [2.05, 4.69) is 0 Å². The summed E-state index contributed by atoms with van der Waals surface area (Å²) in [5.74, 6) is -1.31. The SMILES string of the molecule is O=C(O)c1ccc(CCC[C@@H]2[C@@H](/C=C\c3cc(F)cc(Cl)c3)[C@H](O)C[C@H]2Cl)s1. The number of aliphatic hydroxyl groups is 1. The minimum absolute atomic E-state index is 0.107. The number of rotatable bonds is 7. The fourth-order valence-electron chi connectivity index (χ4n) is 3.77. The van der Waals surface area contributed by atoms with Gasteiger partial charge in [0.15, 0.2) is 0 Å². The van der Waals surface area contributed by atoms with Gasteiger partial charge in [-0.15, -0.1) is 22.9 Å². The van der Waals surface area contributed by atoms with Crippen LogP contribution >= 0.6 is 34.5 Å². The van der Waals surface area contributed by atoms with Gasteiger partial charge in [-0.1, -0.05) is 23.8 Å². The first-order valence-electron chi connectivity index (χ1n) is 9.12. The second-order valence-corrected chi connectivity index (χ2v) is 9.25. The summed E-state index contributed by atoms with van der Waals surface area (Å²) >= 11 is 13.7. The summed E-state index contributed by atoms with van der Waals surface area (Å²) in [4.78, 5) is 12.4. The molecule has 0 saturated heterocycles. The molecule has 1 heterocycles. The van der Waals surface area contributed by atoms with Crippen molar-refractivity contribution in [3.63, 3.8) is 0 Å². The second-order valence-electron chi connectivity index (χ2n) is 7.09. The smallest absolute Gasteiger partial charge is 0.345 e. The Hall–Kier alpha value is -1.40. The lowest BCUT2D eigenvalue weighted by Gasteiger charge is -2.20. The number of carboxylic acids is 1. The zero-order valence-electron chi connectivity index (χ0n) is 15.0. The van der Waals surface area contributed by atoms with Crippen molar-refractivity contribution in [3.05, 3.63) is 62.6 Å². The molecule has 1 fully saturated rings. The lowest BCUT2D eigenvalue weighted by atomic mass is 9.89. The molecule has 0 aliphatic heterocycles. The maximum atomic E-state index is 13.5. The number of aryl methyl sites for hydroxylation is 1. The molecule has 1 aliphatic carbocycles. The van der Waals surface area contributed by atoms with Gasteiger partial charge in [-0.25, -0.2) is 9.18 Å². The first-order valence-corrected chi connectivity index (χ1v) is 10.7. The number of hydrogen-bond acceptors (Lipinski definition) is 3. The molecule has 0 radical (unpaired) electrons. The number of aliphatic hydroxyl groups excluding tert-OH is 1. The van der Waals surface area contributed by atoms with Crippen LogP contribution in [0.5, 0.6) is 0 Å². The molecule has 1 saturated carbocycles. The quantitative estimate of drug-likeness (QED) is 0.526. The van der Waals surface area contributed by atoms with Gasteiger partial charge in [0.2, 0.25) is 0 Å². The maximum Gasteiger partial charge on any atom is 0.345 e. The molecule has 7 heteroatoms. The maximum absolute atomic E-state index is 13.5. The van der Waals surface area contributed by atoms with Crippen molar-refractivity contribution in [3.8, 4) is 0 Å². The third-order valence-corrected chi connectivity index (χ3v) is 6.95. The molecule has 2 N–H and O–H groups in total. The third-order valence-electron chi connectivity index (χ3n) is 5.10. The molecule has 2 aromatic rings. The second kappa shape index (κ2) is 9.40. The van der Waals surface area contributed by atoms with Gasteiger partial charge in [-0.05, 0) is 67.5 Å². The van der Waals surface area contributed by atoms with Crippen molar-refractivity contribution in [2.24, 2.45) is 11.8 Å². The van der Waals surface area contributed by atoms with E-state index in [1.807, 2.05) is 12.1 Å². The van der Waals surface area contributed by atoms with E-state index in [1.54, 1.807) is 18.2 Å². The first-order chi connectivity index (χ1) is 13.3. The number of carbonyl (C=O) groups is 1. The average Bonchev–Trinajstić information content (AvgIpc) is 3.18. The molecule has 0 spiro atoms. The van der Waals surface area contributed by atoms with Gasteiger partial charge in [-0.2, -0.15) is 0 Å². The lowest BCUT2D eigenvalue weighted by molar-refractivity contribution is 0.0702. The lowest BCUT2D eigenvalue weighted by Crippen LogP contribution is -2.18. The summed E-state index contributed by atoms with van der Waals surface area (Å²) in [6.07, 6.45) is 6.13. The monoisotopic (exact) mass is 442 g/mol. The fraction of sp³-hybridized carbons (Fsp3) is 0.381. The Morgan fingerprint density at radius 3 is 2.79 bits per heavy atom. The molecule has 1 aromatic carbocycles. The Morgan fingerprint density at radius 2 is 2.11 bits per heavy atom. The topological polar surface area (TPSA) is 57.5 Å². The zero-order valence-corrected chi connectivity index (χ0v) is 17.4. The minimum Gasteiger partial charge on any atom is -0.477 e. The molecule has 3 nitrogen and oxygen atoms in total. The van der Waals surface area contributed by atoms with Crippen molar-refractivity contribution in [2.45, 2.75) is 37.2 Å². The summed E-state index contributed by atoms with van der Waals surface area (Å²) in [5.41, 5.74) is 0.647. The number of benzene rings is 1. The Kier molecular flexibility index (Phi) is 7.15. The van der Waals surface area contributed by atoms with E-state index in [9.17, 15) is 14.3 Å². The Labute approximate surface area is 177 Å². The highest BCUT2D eigenvalue weighted by Crippen LogP contribution is 2.40. The molecule has 150 valence electrons. The molecule has 1 aliphatic rings. The van der Waals surface area contributed by atoms with Crippen LogP contribution in [0.15, 0.2) is 36.4 Å². The van der Waals surface area contributed by atoms with Crippen LogP contribution in [0, 0.1) is 17.7 Å². The Bertz CT molecular complexity index is 847. The number of alkyl halides is 1. The molecular weight excluding hydrogens is 422 g/mol. The van der Waals surface area contributed by atoms with Crippen molar-refractivity contribution >= 4 is 46.6 Å². The molecule has 0 unspecified atom stereocenters. The Morgan fingerprint density at radius 1 is 1.32 bits per heavy atom. The van der Waals surface area contributed by atoms with Crippen LogP contribution in [0.3, 0.4) is 0 Å². The van der Waals surface area contributed by atoms with Crippen LogP contribution < -0.4 is 0 Å². The molecule has 3 rings (SSSR count). The van der Waals surface area contributed by atoms with Crippen LogP contribution in [-0.4, -0.2) is 27.7 Å². The summed E-state index contributed by atoms with van der Waals surface area (Å²) in [5, 5.41) is 19.6. The van der Waals surface area contributed by atoms with Crippen LogP contribution in [0.1, 0.15) is 39.4 Å². The van der Waals surface area contributed by atoms with Gasteiger partial charge in [0.1, 0.15) is 10.7 Å². The predicted octanol–water partition coefficient (Wildman–Crippen LogP) is 5.88. The van der Waals surface area contributed by atoms with Crippen LogP contribution in [0.2, 0.25) is 5.02 Å². The third kappa shape index (κ3) is 5.35. The number of aromatic carboxylic acids is 1. The van der Waals surface area contributed by atoms with Crippen LogP contribution in [0.25, 0.3) is 6.08 Å². The number of hydrogen-bond donors (Lipinski definition) is 2. The molecule has 0 amide bonds. The van der Waals surface area contributed by atoms with Gasteiger partial charge in [0.05, 0.1) is 6.10 Å². The fourth-order valence-corrected chi connectivity index (χ4v) is 5.36. The molecule has 4 atom stereocenters. The number of thiophene rings is 1. The van der Waals surface area contributed by atoms with Crippen LogP contribution in [0.4, 0.5) is 4.39 Å². The van der Waals surface area contributed by atoms with Crippen molar-refractivity contribution in [1.82, 2.24) is 0 Å². The molecule has 1 aromatic heterocycles. The average molecular weight is 443 g/mol. The highest BCUT2D eigenvalue weighted by molar-refractivity contribution is 7.13. The molecule has 0 bridgehead atoms. The van der Waals surface area contributed by atoms with Gasteiger partial charge in [0, 0.05) is 21.2 Å². The Balaban J connectivity index is 1.62. The zero-order chi connectivity index (χ0) is 20.3. The van der Waals surface area contributed by atoms with Crippen LogP contribution in [-0.2, 0) is 6.42 Å². The number of carboxylic acid groups (broad SMARTS) is 1. The summed E-state index contributed by atoms with van der Waals surface area (Å²) < 4.78 is 13.5. The van der Waals surface area contributed by atoms with Crippen molar-refractivity contribution in [2.75, 3.05) is 0 Å². The largest absolute Gasteiger partial charge is 0.477 e. The van der Waals surface area contributed by atoms with E-state index in [0.717, 1.165) is 24.1 Å². The van der Waals surface area contributed by atoms with Gasteiger partial charge < -0.3 is 10.2 Å². The predicted molar refractivity (Wildman–Crippen MR) is 112 cm³/mol. The summed E-state index contributed by atoms with van der Waals surface area (Å²) in [7, 11) is 0. The minimum atomic E-state index is -0.904. The van der Waals surface area contributed by atoms with Gasteiger partial charge in [-0.3, -0.25) is 0 Å². The van der Waals surface area contributed by atoms with Crippen molar-refractivity contribution in [1.29, 1.82) is 0 Å². The van der Waals surface area contributed by atoms with Crippen molar-refractivity contribution < 1.29 is 19.4 Å². The molecular formula is C21H21Cl2FO3S. The highest BCUT2D eigenvalue weighted by Gasteiger charge is 2.39. The van der Waals surface area contributed by atoms with E-state index in [0.29, 0.717) is 21.9 Å². The summed E-state index contributed by atoms with van der Waals surface area (Å²) in [6, 6.07) is 7.80. The highest BCUT2D eigenvalue weighted by atomic mass is 35.5. The molecule has 28 heavy (non-hydrogen) atoms. The number of halogens is 3. The van der Waals surface area contributed by atoms with E-state index in [-0.39, 0.29) is 17.2 Å². The van der Waals surface area contributed by atoms with E-state index < -0.39 is 17.9 Å².